The molecule has 2 aliphatic heterocycles. The van der Waals surface area contributed by atoms with Crippen LogP contribution in [0.5, 0.6) is 0 Å². The predicted octanol–water partition coefficient (Wildman–Crippen LogP) is 2.55. The number of carbonyl (C=O) groups excluding carboxylic acids is 2. The second-order valence-corrected chi connectivity index (χ2v) is 9.66. The van der Waals surface area contributed by atoms with Gasteiger partial charge in [0.15, 0.2) is 11.6 Å². The molecule has 5 rings (SSSR count). The number of alkyl halides is 1. The molecule has 36 heavy (non-hydrogen) atoms. The molecule has 1 saturated carbocycles. The van der Waals surface area contributed by atoms with Gasteiger partial charge in [-0.25, -0.2) is 19.2 Å². The van der Waals surface area contributed by atoms with Crippen molar-refractivity contribution in [2.45, 2.75) is 50.5 Å². The lowest BCUT2D eigenvalue weighted by molar-refractivity contribution is -0.119. The number of hydrogen-bond acceptors (Lipinski definition) is 8. The van der Waals surface area contributed by atoms with Gasteiger partial charge in [-0.15, -0.1) is 0 Å². The SMILES string of the molecule is NC(=O)CN1CCC(F)(CNc2ncnc(N(Cc3ccc4c(c3)COC(=O)N4)C3CC3)c2F)CC1. The van der Waals surface area contributed by atoms with Crippen molar-refractivity contribution in [2.75, 3.05) is 41.7 Å². The second-order valence-electron chi connectivity index (χ2n) is 9.66. The highest BCUT2D eigenvalue weighted by Gasteiger charge is 2.36. The normalized spacial score (nSPS) is 19.1. The molecule has 10 nitrogen and oxygen atoms in total. The van der Waals surface area contributed by atoms with Gasteiger partial charge in [0.25, 0.3) is 0 Å². The fourth-order valence-electron chi connectivity index (χ4n) is 4.67. The van der Waals surface area contributed by atoms with E-state index < -0.39 is 23.5 Å². The van der Waals surface area contributed by atoms with Crippen LogP contribution in [0.3, 0.4) is 0 Å². The fourth-order valence-corrected chi connectivity index (χ4v) is 4.67. The number of hydrogen-bond donors (Lipinski definition) is 3. The van der Waals surface area contributed by atoms with Crippen molar-refractivity contribution in [2.24, 2.45) is 5.73 Å². The van der Waals surface area contributed by atoms with Gasteiger partial charge >= 0.3 is 6.09 Å². The zero-order valence-corrected chi connectivity index (χ0v) is 19.8. The van der Waals surface area contributed by atoms with E-state index in [2.05, 4.69) is 20.6 Å². The average Bonchev–Trinajstić information content (AvgIpc) is 3.69. The van der Waals surface area contributed by atoms with Gasteiger partial charge in [0.1, 0.15) is 18.6 Å². The maximum atomic E-state index is 15.5. The predicted molar refractivity (Wildman–Crippen MR) is 129 cm³/mol. The van der Waals surface area contributed by atoms with Crippen molar-refractivity contribution < 1.29 is 23.1 Å². The van der Waals surface area contributed by atoms with Crippen molar-refractivity contribution in [1.82, 2.24) is 14.9 Å². The molecule has 3 aliphatic rings. The maximum Gasteiger partial charge on any atom is 0.411 e. The largest absolute Gasteiger partial charge is 0.444 e. The highest BCUT2D eigenvalue weighted by molar-refractivity contribution is 5.87. The number of nitrogens with one attached hydrogen (secondary N) is 2. The van der Waals surface area contributed by atoms with Gasteiger partial charge in [0.2, 0.25) is 11.7 Å². The third-order valence-electron chi connectivity index (χ3n) is 6.85. The van der Waals surface area contributed by atoms with Crippen LogP contribution in [0, 0.1) is 5.82 Å². The summed E-state index contributed by atoms with van der Waals surface area (Å²) in [5, 5.41) is 5.51. The molecule has 0 atom stereocenters. The minimum Gasteiger partial charge on any atom is -0.444 e. The average molecular weight is 502 g/mol. The van der Waals surface area contributed by atoms with Crippen LogP contribution in [0.15, 0.2) is 24.5 Å². The Bertz CT molecular complexity index is 1150. The highest BCUT2D eigenvalue weighted by atomic mass is 19.1. The van der Waals surface area contributed by atoms with Crippen LogP contribution in [-0.2, 0) is 22.7 Å². The first-order valence-corrected chi connectivity index (χ1v) is 12.1. The van der Waals surface area contributed by atoms with Crippen LogP contribution < -0.4 is 21.3 Å². The lowest BCUT2D eigenvalue weighted by Gasteiger charge is -2.36. The number of nitrogens with zero attached hydrogens (tertiary/aromatic N) is 4. The summed E-state index contributed by atoms with van der Waals surface area (Å²) in [6.07, 6.45) is 3.07. The number of benzene rings is 1. The molecule has 2 aromatic rings. The van der Waals surface area contributed by atoms with E-state index in [4.69, 9.17) is 10.5 Å². The summed E-state index contributed by atoms with van der Waals surface area (Å²) < 4.78 is 35.9. The molecular formula is C24H29F2N7O3. The number of rotatable bonds is 9. The lowest BCUT2D eigenvalue weighted by atomic mass is 9.93. The molecule has 4 N–H and O–H groups in total. The van der Waals surface area contributed by atoms with E-state index in [0.717, 1.165) is 24.0 Å². The molecule has 0 radical (unpaired) electrons. The number of likely N-dealkylation sites (tertiary alicyclic amines) is 1. The van der Waals surface area contributed by atoms with Gasteiger partial charge in [-0.2, -0.15) is 4.39 Å². The van der Waals surface area contributed by atoms with E-state index >= 15 is 8.78 Å². The van der Waals surface area contributed by atoms with Gasteiger partial charge in [-0.3, -0.25) is 15.0 Å². The molecule has 1 aromatic carbocycles. The first-order chi connectivity index (χ1) is 17.3. The third-order valence-corrected chi connectivity index (χ3v) is 6.85. The van der Waals surface area contributed by atoms with Gasteiger partial charge in [-0.05, 0) is 43.4 Å². The van der Waals surface area contributed by atoms with E-state index in [9.17, 15) is 9.59 Å². The van der Waals surface area contributed by atoms with E-state index in [1.165, 1.54) is 6.33 Å². The zero-order valence-electron chi connectivity index (χ0n) is 19.8. The lowest BCUT2D eigenvalue weighted by Crippen LogP contribution is -2.47. The minimum absolute atomic E-state index is 0.0382. The fraction of sp³-hybridized carbons (Fsp3) is 0.500. The summed E-state index contributed by atoms with van der Waals surface area (Å²) in [4.78, 5) is 34.5. The molecular weight excluding hydrogens is 472 g/mol. The number of nitrogens with two attached hydrogens (primary N) is 1. The number of carbonyl (C=O) groups is 2. The monoisotopic (exact) mass is 501 g/mol. The second kappa shape index (κ2) is 9.84. The van der Waals surface area contributed by atoms with Crippen molar-refractivity contribution in [1.29, 1.82) is 0 Å². The summed E-state index contributed by atoms with van der Waals surface area (Å²) in [6, 6.07) is 5.78. The number of primary amides is 1. The van der Waals surface area contributed by atoms with Gasteiger partial charge in [0, 0.05) is 31.2 Å². The highest BCUT2D eigenvalue weighted by Crippen LogP contribution is 2.36. The quantitative estimate of drug-likeness (QED) is 0.479. The Morgan fingerprint density at radius 2 is 2.08 bits per heavy atom. The molecule has 0 unspecified atom stereocenters. The number of halogens is 2. The molecule has 0 spiro atoms. The summed E-state index contributed by atoms with van der Waals surface area (Å²) in [5.41, 5.74) is 6.17. The van der Waals surface area contributed by atoms with Crippen LogP contribution in [0.4, 0.5) is 30.9 Å². The smallest absolute Gasteiger partial charge is 0.411 e. The Labute approximate surface area is 207 Å². The van der Waals surface area contributed by atoms with E-state index in [0.29, 0.717) is 25.3 Å². The zero-order chi connectivity index (χ0) is 25.3. The molecule has 1 aromatic heterocycles. The molecule has 2 amide bonds. The number of cyclic esters (lactones) is 1. The molecule has 1 saturated heterocycles. The van der Waals surface area contributed by atoms with Crippen LogP contribution >= 0.6 is 0 Å². The first kappa shape index (κ1) is 24.2. The maximum absolute atomic E-state index is 15.5. The Kier molecular flexibility index (Phi) is 6.61. The number of piperidine rings is 1. The van der Waals surface area contributed by atoms with Gasteiger partial charge in [-0.1, -0.05) is 6.07 Å². The van der Waals surface area contributed by atoms with Crippen molar-refractivity contribution >= 4 is 29.3 Å². The molecule has 1 aliphatic carbocycles. The van der Waals surface area contributed by atoms with Crippen molar-refractivity contribution in [3.05, 3.63) is 41.5 Å². The van der Waals surface area contributed by atoms with Crippen LogP contribution in [0.1, 0.15) is 36.8 Å². The Balaban J connectivity index is 1.27. The first-order valence-electron chi connectivity index (χ1n) is 12.1. The summed E-state index contributed by atoms with van der Waals surface area (Å²) >= 11 is 0. The van der Waals surface area contributed by atoms with Crippen molar-refractivity contribution in [3.8, 4) is 0 Å². The number of anilines is 3. The number of amides is 2. The molecule has 0 bridgehead atoms. The number of aromatic nitrogens is 2. The molecule has 3 heterocycles. The van der Waals surface area contributed by atoms with Gasteiger partial charge < -0.3 is 20.7 Å². The van der Waals surface area contributed by atoms with E-state index in [1.54, 1.807) is 0 Å². The minimum atomic E-state index is -1.54. The van der Waals surface area contributed by atoms with Crippen LogP contribution in [0.25, 0.3) is 0 Å². The standard InChI is InChI=1S/C24H29F2N7O3/c25-20-21(28-13-24(26)5-7-32(8-6-24)11-19(27)34)29-14-30-22(20)33(17-2-3-17)10-15-1-4-18-16(9-15)12-36-23(35)31-18/h1,4,9,14,17H,2-3,5-8,10-13H2,(H2,27,34)(H,31,35)(H,28,29,30). The molecule has 12 heteroatoms. The van der Waals surface area contributed by atoms with Crippen molar-refractivity contribution in [3.63, 3.8) is 0 Å². The van der Waals surface area contributed by atoms with Crippen LogP contribution in [-0.4, -0.2) is 64.8 Å². The summed E-state index contributed by atoms with van der Waals surface area (Å²) in [6.45, 7) is 1.43. The molecule has 2 fully saturated rings. The Morgan fingerprint density at radius 1 is 1.31 bits per heavy atom. The topological polar surface area (TPSA) is 126 Å². The van der Waals surface area contributed by atoms with Gasteiger partial charge in [0.05, 0.1) is 18.8 Å². The number of ether oxygens (including phenoxy) is 1. The molecule has 192 valence electrons. The number of fused-ring (bicyclic) bond motifs is 1. The van der Waals surface area contributed by atoms with E-state index in [1.807, 2.05) is 28.0 Å². The third kappa shape index (κ3) is 5.48. The Morgan fingerprint density at radius 3 is 2.81 bits per heavy atom. The summed E-state index contributed by atoms with van der Waals surface area (Å²) in [5.74, 6) is -0.927. The summed E-state index contributed by atoms with van der Waals surface area (Å²) in [7, 11) is 0. The van der Waals surface area contributed by atoms with Crippen LogP contribution in [0.2, 0.25) is 0 Å². The Hall–Kier alpha value is -3.54. The van der Waals surface area contributed by atoms with E-state index in [-0.39, 0.29) is 50.2 Å².